The third-order valence-corrected chi connectivity index (χ3v) is 3.69. The van der Waals surface area contributed by atoms with Crippen molar-refractivity contribution >= 4 is 40.9 Å². The second kappa shape index (κ2) is 5.19. The first-order chi connectivity index (χ1) is 8.91. The first-order valence-corrected chi connectivity index (χ1v) is 6.26. The summed E-state index contributed by atoms with van der Waals surface area (Å²) in [4.78, 5) is 36.3. The van der Waals surface area contributed by atoms with Gasteiger partial charge in [-0.05, 0) is 19.1 Å². The van der Waals surface area contributed by atoms with Gasteiger partial charge in [0.1, 0.15) is 12.6 Å². The van der Waals surface area contributed by atoms with Crippen molar-refractivity contribution in [2.75, 3.05) is 6.54 Å². The van der Waals surface area contributed by atoms with E-state index in [0.717, 1.165) is 0 Å². The number of carbonyl (C=O) groups excluding carboxylic acids is 3. The van der Waals surface area contributed by atoms with Crippen LogP contribution in [0.5, 0.6) is 0 Å². The summed E-state index contributed by atoms with van der Waals surface area (Å²) in [6, 6.07) is 3.90. The minimum Gasteiger partial charge on any atom is -0.318 e. The molecule has 0 aliphatic carbocycles. The van der Waals surface area contributed by atoms with Gasteiger partial charge in [0.2, 0.25) is 11.8 Å². The van der Waals surface area contributed by atoms with E-state index in [9.17, 15) is 14.4 Å². The lowest BCUT2D eigenvalue weighted by Gasteiger charge is -2.31. The first-order valence-electron chi connectivity index (χ1n) is 5.50. The third kappa shape index (κ3) is 2.57. The average Bonchev–Trinajstić information content (AvgIpc) is 2.36. The Bertz CT molecular complexity index is 574. The zero-order chi connectivity index (χ0) is 14.2. The standard InChI is InChI=1S/C12H10Cl2N2O3/c1-6-11(18)15-9(17)5-16(6)12(19)7-3-2-4-8(13)10(7)14/h2-4,6H,5H2,1H3,(H,15,17,18). The maximum atomic E-state index is 12.3. The Morgan fingerprint density at radius 2 is 2.05 bits per heavy atom. The molecule has 1 aliphatic rings. The fourth-order valence-electron chi connectivity index (χ4n) is 1.79. The molecule has 7 heteroatoms. The van der Waals surface area contributed by atoms with E-state index in [1.807, 2.05) is 0 Å². The highest BCUT2D eigenvalue weighted by atomic mass is 35.5. The maximum Gasteiger partial charge on any atom is 0.256 e. The van der Waals surface area contributed by atoms with Crippen molar-refractivity contribution in [1.29, 1.82) is 0 Å². The number of halogens is 2. The van der Waals surface area contributed by atoms with Gasteiger partial charge in [0.15, 0.2) is 0 Å². The van der Waals surface area contributed by atoms with E-state index >= 15 is 0 Å². The Labute approximate surface area is 119 Å². The number of hydrogen-bond acceptors (Lipinski definition) is 3. The lowest BCUT2D eigenvalue weighted by molar-refractivity contribution is -0.138. The van der Waals surface area contributed by atoms with Gasteiger partial charge in [0.05, 0.1) is 15.6 Å². The van der Waals surface area contributed by atoms with Crippen LogP contribution in [0.4, 0.5) is 0 Å². The van der Waals surface area contributed by atoms with Crippen molar-refractivity contribution in [3.63, 3.8) is 0 Å². The number of imide groups is 1. The molecule has 1 unspecified atom stereocenters. The number of rotatable bonds is 1. The van der Waals surface area contributed by atoms with Gasteiger partial charge in [0.25, 0.3) is 5.91 Å². The fraction of sp³-hybridized carbons (Fsp3) is 0.250. The highest BCUT2D eigenvalue weighted by Crippen LogP contribution is 2.27. The van der Waals surface area contributed by atoms with Crippen LogP contribution in [0, 0.1) is 0 Å². The predicted octanol–water partition coefficient (Wildman–Crippen LogP) is 1.48. The van der Waals surface area contributed by atoms with Crippen LogP contribution < -0.4 is 5.32 Å². The van der Waals surface area contributed by atoms with Crippen LogP contribution in [-0.2, 0) is 9.59 Å². The monoisotopic (exact) mass is 300 g/mol. The third-order valence-electron chi connectivity index (χ3n) is 2.87. The molecular formula is C12H10Cl2N2O3. The lowest BCUT2D eigenvalue weighted by atomic mass is 10.1. The van der Waals surface area contributed by atoms with E-state index in [1.165, 1.54) is 17.9 Å². The van der Waals surface area contributed by atoms with E-state index in [0.29, 0.717) is 0 Å². The van der Waals surface area contributed by atoms with Gasteiger partial charge in [-0.15, -0.1) is 0 Å². The van der Waals surface area contributed by atoms with Gasteiger partial charge in [-0.1, -0.05) is 29.3 Å². The summed E-state index contributed by atoms with van der Waals surface area (Å²) in [5.74, 6) is -1.53. The molecule has 0 saturated carbocycles. The Hall–Kier alpha value is -1.59. The minimum atomic E-state index is -0.736. The van der Waals surface area contributed by atoms with E-state index < -0.39 is 23.8 Å². The van der Waals surface area contributed by atoms with Crippen molar-refractivity contribution in [3.05, 3.63) is 33.8 Å². The molecule has 1 N–H and O–H groups in total. The Kier molecular flexibility index (Phi) is 3.78. The second-order valence-corrected chi connectivity index (χ2v) is 4.91. The number of nitrogens with one attached hydrogen (secondary N) is 1. The number of carbonyl (C=O) groups is 3. The molecule has 3 amide bonds. The molecule has 0 spiro atoms. The van der Waals surface area contributed by atoms with Crippen LogP contribution in [0.25, 0.3) is 0 Å². The average molecular weight is 301 g/mol. The predicted molar refractivity (Wildman–Crippen MR) is 70.1 cm³/mol. The zero-order valence-corrected chi connectivity index (χ0v) is 11.5. The summed E-state index contributed by atoms with van der Waals surface area (Å²) in [5, 5.41) is 2.51. The van der Waals surface area contributed by atoms with Gasteiger partial charge in [0, 0.05) is 0 Å². The normalized spacial score (nSPS) is 19.3. The Morgan fingerprint density at radius 1 is 1.37 bits per heavy atom. The lowest BCUT2D eigenvalue weighted by Crippen LogP contribution is -2.58. The smallest absolute Gasteiger partial charge is 0.256 e. The van der Waals surface area contributed by atoms with Crippen LogP contribution >= 0.6 is 23.2 Å². The largest absolute Gasteiger partial charge is 0.318 e. The zero-order valence-electron chi connectivity index (χ0n) is 9.94. The molecule has 1 aromatic carbocycles. The molecule has 1 fully saturated rings. The SMILES string of the molecule is CC1C(=O)NC(=O)CN1C(=O)c1cccc(Cl)c1Cl. The van der Waals surface area contributed by atoms with E-state index in [1.54, 1.807) is 12.1 Å². The molecule has 0 radical (unpaired) electrons. The van der Waals surface area contributed by atoms with Crippen LogP contribution in [0.15, 0.2) is 18.2 Å². The van der Waals surface area contributed by atoms with E-state index in [-0.39, 0.29) is 22.2 Å². The number of piperazine rings is 1. The summed E-state index contributed by atoms with van der Waals surface area (Å²) in [6.45, 7) is 1.35. The Morgan fingerprint density at radius 3 is 2.74 bits per heavy atom. The quantitative estimate of drug-likeness (QED) is 0.799. The molecule has 100 valence electrons. The molecule has 1 aliphatic heterocycles. The summed E-state index contributed by atoms with van der Waals surface area (Å²) in [7, 11) is 0. The van der Waals surface area contributed by atoms with Gasteiger partial charge in [-0.3, -0.25) is 19.7 Å². The number of amides is 3. The maximum absolute atomic E-state index is 12.3. The fourth-order valence-corrected chi connectivity index (χ4v) is 2.17. The number of benzene rings is 1. The molecule has 1 atom stereocenters. The van der Waals surface area contributed by atoms with Gasteiger partial charge in [-0.2, -0.15) is 0 Å². The molecular weight excluding hydrogens is 291 g/mol. The van der Waals surface area contributed by atoms with Crippen molar-refractivity contribution < 1.29 is 14.4 Å². The second-order valence-electron chi connectivity index (χ2n) is 4.12. The van der Waals surface area contributed by atoms with Gasteiger partial charge >= 0.3 is 0 Å². The van der Waals surface area contributed by atoms with Crippen LogP contribution in [-0.4, -0.2) is 35.2 Å². The highest BCUT2D eigenvalue weighted by molar-refractivity contribution is 6.43. The van der Waals surface area contributed by atoms with E-state index in [4.69, 9.17) is 23.2 Å². The molecule has 2 rings (SSSR count). The van der Waals surface area contributed by atoms with Crippen molar-refractivity contribution in [2.24, 2.45) is 0 Å². The molecule has 0 bridgehead atoms. The molecule has 19 heavy (non-hydrogen) atoms. The summed E-state index contributed by atoms with van der Waals surface area (Å²) in [5.41, 5.74) is 0.170. The number of hydrogen-bond donors (Lipinski definition) is 1. The van der Waals surface area contributed by atoms with Crippen LogP contribution in [0.1, 0.15) is 17.3 Å². The summed E-state index contributed by atoms with van der Waals surface area (Å²) in [6.07, 6.45) is 0. The molecule has 1 saturated heterocycles. The van der Waals surface area contributed by atoms with E-state index in [2.05, 4.69) is 5.32 Å². The Balaban J connectivity index is 2.35. The molecule has 0 aromatic heterocycles. The topological polar surface area (TPSA) is 66.5 Å². The van der Waals surface area contributed by atoms with Crippen LogP contribution in [0.3, 0.4) is 0 Å². The molecule has 1 heterocycles. The van der Waals surface area contributed by atoms with Crippen LogP contribution in [0.2, 0.25) is 10.0 Å². The summed E-state index contributed by atoms with van der Waals surface area (Å²) >= 11 is 11.8. The van der Waals surface area contributed by atoms with Crippen molar-refractivity contribution in [2.45, 2.75) is 13.0 Å². The van der Waals surface area contributed by atoms with Gasteiger partial charge < -0.3 is 4.90 Å². The van der Waals surface area contributed by atoms with Crippen molar-refractivity contribution in [1.82, 2.24) is 10.2 Å². The summed E-state index contributed by atoms with van der Waals surface area (Å²) < 4.78 is 0. The highest BCUT2D eigenvalue weighted by Gasteiger charge is 2.34. The van der Waals surface area contributed by atoms with Crippen molar-refractivity contribution in [3.8, 4) is 0 Å². The first kappa shape index (κ1) is 13.8. The minimum absolute atomic E-state index is 0.111. The molecule has 5 nitrogen and oxygen atoms in total. The number of nitrogens with zero attached hydrogens (tertiary/aromatic N) is 1. The molecule has 1 aromatic rings. The van der Waals surface area contributed by atoms with Gasteiger partial charge in [-0.25, -0.2) is 0 Å².